The first kappa shape index (κ1) is 12.6. The van der Waals surface area contributed by atoms with Crippen LogP contribution in [0.3, 0.4) is 0 Å². The van der Waals surface area contributed by atoms with E-state index in [1.807, 2.05) is 0 Å². The molecule has 1 aromatic rings. The van der Waals surface area contributed by atoms with Crippen molar-refractivity contribution in [2.24, 2.45) is 5.92 Å². The first-order valence-corrected chi connectivity index (χ1v) is 6.69. The maximum atomic E-state index is 14.1. The van der Waals surface area contributed by atoms with Crippen LogP contribution in [-0.4, -0.2) is 11.1 Å². The van der Waals surface area contributed by atoms with Crippen molar-refractivity contribution in [1.82, 2.24) is 0 Å². The molecule has 0 spiro atoms. The average molecular weight is 266 g/mol. The van der Waals surface area contributed by atoms with Gasteiger partial charge in [0.1, 0.15) is 0 Å². The number of halogens is 2. The van der Waals surface area contributed by atoms with Crippen molar-refractivity contribution in [2.45, 2.75) is 43.4 Å². The van der Waals surface area contributed by atoms with E-state index in [0.717, 1.165) is 6.42 Å². The maximum absolute atomic E-state index is 14.1. The highest BCUT2D eigenvalue weighted by molar-refractivity contribution is 5.82. The zero-order valence-corrected chi connectivity index (χ0v) is 10.5. The molecular formula is C15H16F2O2. The molecule has 2 aliphatic rings. The van der Waals surface area contributed by atoms with Gasteiger partial charge in [0.05, 0.1) is 5.41 Å². The van der Waals surface area contributed by atoms with Gasteiger partial charge in [0.15, 0.2) is 0 Å². The summed E-state index contributed by atoms with van der Waals surface area (Å²) < 4.78 is 28.2. The van der Waals surface area contributed by atoms with E-state index in [1.165, 1.54) is 12.1 Å². The lowest BCUT2D eigenvalue weighted by molar-refractivity contribution is -0.147. The molecule has 0 unspecified atom stereocenters. The fourth-order valence-corrected chi connectivity index (χ4v) is 2.86. The monoisotopic (exact) mass is 266 g/mol. The standard InChI is InChI=1S/C15H16F2O2/c16-15(17,10-5-6-10)12-4-1-3-11(9-12)14(13(18)19)7-2-8-14/h1,3-4,9-10H,2,5-8H2,(H,18,19). The van der Waals surface area contributed by atoms with Gasteiger partial charge in [-0.15, -0.1) is 0 Å². The molecule has 0 atom stereocenters. The molecule has 102 valence electrons. The van der Waals surface area contributed by atoms with Gasteiger partial charge in [-0.1, -0.05) is 24.6 Å². The van der Waals surface area contributed by atoms with Crippen LogP contribution in [0, 0.1) is 5.92 Å². The highest BCUT2D eigenvalue weighted by Crippen LogP contribution is 2.51. The molecule has 2 saturated carbocycles. The highest BCUT2D eigenvalue weighted by atomic mass is 19.3. The molecule has 1 aromatic carbocycles. The van der Waals surface area contributed by atoms with E-state index in [0.29, 0.717) is 31.2 Å². The number of carbonyl (C=O) groups is 1. The molecule has 4 heteroatoms. The molecule has 0 bridgehead atoms. The van der Waals surface area contributed by atoms with Crippen LogP contribution in [-0.2, 0) is 16.1 Å². The SMILES string of the molecule is O=C(O)C1(c2cccc(C(F)(F)C3CC3)c2)CCC1. The van der Waals surface area contributed by atoms with Crippen molar-refractivity contribution in [3.05, 3.63) is 35.4 Å². The third kappa shape index (κ3) is 1.85. The Balaban J connectivity index is 1.98. The number of aliphatic carboxylic acids is 1. The third-order valence-electron chi connectivity index (χ3n) is 4.51. The van der Waals surface area contributed by atoms with Crippen molar-refractivity contribution in [2.75, 3.05) is 0 Å². The lowest BCUT2D eigenvalue weighted by Gasteiger charge is -2.38. The predicted molar refractivity (Wildman–Crippen MR) is 66.2 cm³/mol. The van der Waals surface area contributed by atoms with Crippen LogP contribution in [0.2, 0.25) is 0 Å². The van der Waals surface area contributed by atoms with Crippen molar-refractivity contribution in [3.63, 3.8) is 0 Å². The fourth-order valence-electron chi connectivity index (χ4n) is 2.86. The van der Waals surface area contributed by atoms with Gasteiger partial charge in [-0.2, -0.15) is 0 Å². The minimum atomic E-state index is -2.82. The van der Waals surface area contributed by atoms with Gasteiger partial charge in [0, 0.05) is 11.5 Å². The molecular weight excluding hydrogens is 250 g/mol. The minimum Gasteiger partial charge on any atom is -0.481 e. The molecule has 0 amide bonds. The average Bonchev–Trinajstić information content (AvgIpc) is 3.11. The number of rotatable bonds is 4. The molecule has 0 aliphatic heterocycles. The second-order valence-corrected chi connectivity index (χ2v) is 5.72. The van der Waals surface area contributed by atoms with Gasteiger partial charge in [0.25, 0.3) is 5.92 Å². The fraction of sp³-hybridized carbons (Fsp3) is 0.533. The van der Waals surface area contributed by atoms with E-state index in [-0.39, 0.29) is 5.56 Å². The first-order valence-electron chi connectivity index (χ1n) is 6.69. The Kier molecular flexibility index (Phi) is 2.66. The van der Waals surface area contributed by atoms with E-state index < -0.39 is 23.2 Å². The van der Waals surface area contributed by atoms with E-state index in [2.05, 4.69) is 0 Å². The molecule has 0 radical (unpaired) electrons. The van der Waals surface area contributed by atoms with Gasteiger partial charge in [-0.05, 0) is 37.3 Å². The molecule has 2 fully saturated rings. The van der Waals surface area contributed by atoms with Crippen LogP contribution < -0.4 is 0 Å². The van der Waals surface area contributed by atoms with Crippen molar-refractivity contribution in [1.29, 1.82) is 0 Å². The van der Waals surface area contributed by atoms with Crippen molar-refractivity contribution in [3.8, 4) is 0 Å². The molecule has 19 heavy (non-hydrogen) atoms. The van der Waals surface area contributed by atoms with E-state index in [1.54, 1.807) is 12.1 Å². The van der Waals surface area contributed by atoms with Crippen LogP contribution in [0.15, 0.2) is 24.3 Å². The van der Waals surface area contributed by atoms with E-state index in [4.69, 9.17) is 0 Å². The third-order valence-corrected chi connectivity index (χ3v) is 4.51. The summed E-state index contributed by atoms with van der Waals surface area (Å²) in [6.07, 6.45) is 3.04. The summed E-state index contributed by atoms with van der Waals surface area (Å²) in [6.45, 7) is 0. The molecule has 0 saturated heterocycles. The Morgan fingerprint density at radius 3 is 2.47 bits per heavy atom. The summed E-state index contributed by atoms with van der Waals surface area (Å²) in [4.78, 5) is 11.4. The topological polar surface area (TPSA) is 37.3 Å². The summed E-state index contributed by atoms with van der Waals surface area (Å²) in [7, 11) is 0. The van der Waals surface area contributed by atoms with E-state index in [9.17, 15) is 18.7 Å². The van der Waals surface area contributed by atoms with Crippen LogP contribution in [0.5, 0.6) is 0 Å². The maximum Gasteiger partial charge on any atom is 0.314 e. The Bertz CT molecular complexity index is 517. The van der Waals surface area contributed by atoms with Gasteiger partial charge in [-0.3, -0.25) is 4.79 Å². The molecule has 2 nitrogen and oxygen atoms in total. The lowest BCUT2D eigenvalue weighted by atomic mass is 9.64. The van der Waals surface area contributed by atoms with Crippen molar-refractivity contribution < 1.29 is 18.7 Å². The number of benzene rings is 1. The Morgan fingerprint density at radius 1 is 1.32 bits per heavy atom. The van der Waals surface area contributed by atoms with Crippen molar-refractivity contribution >= 4 is 5.97 Å². The quantitative estimate of drug-likeness (QED) is 0.902. The summed E-state index contributed by atoms with van der Waals surface area (Å²) >= 11 is 0. The summed E-state index contributed by atoms with van der Waals surface area (Å²) in [6, 6.07) is 6.05. The molecule has 2 aliphatic carbocycles. The van der Waals surface area contributed by atoms with Crippen LogP contribution in [0.4, 0.5) is 8.78 Å². The van der Waals surface area contributed by atoms with Gasteiger partial charge in [-0.25, -0.2) is 8.78 Å². The second-order valence-electron chi connectivity index (χ2n) is 5.72. The largest absolute Gasteiger partial charge is 0.481 e. The molecule has 0 heterocycles. The predicted octanol–water partition coefficient (Wildman–Crippen LogP) is 3.69. The Labute approximate surface area is 110 Å². The van der Waals surface area contributed by atoms with Crippen LogP contribution in [0.25, 0.3) is 0 Å². The zero-order valence-electron chi connectivity index (χ0n) is 10.5. The van der Waals surface area contributed by atoms with Gasteiger partial charge >= 0.3 is 5.97 Å². The van der Waals surface area contributed by atoms with E-state index >= 15 is 0 Å². The highest BCUT2D eigenvalue weighted by Gasteiger charge is 2.50. The summed E-state index contributed by atoms with van der Waals surface area (Å²) in [5.74, 6) is -4.28. The van der Waals surface area contributed by atoms with Crippen LogP contribution in [0.1, 0.15) is 43.2 Å². The van der Waals surface area contributed by atoms with Gasteiger partial charge < -0.3 is 5.11 Å². The summed E-state index contributed by atoms with van der Waals surface area (Å²) in [5, 5.41) is 9.36. The second kappa shape index (κ2) is 4.02. The lowest BCUT2D eigenvalue weighted by Crippen LogP contribution is -2.42. The molecule has 0 aromatic heterocycles. The molecule has 3 rings (SSSR count). The Morgan fingerprint density at radius 2 is 2.00 bits per heavy atom. The smallest absolute Gasteiger partial charge is 0.314 e. The van der Waals surface area contributed by atoms with Crippen LogP contribution >= 0.6 is 0 Å². The summed E-state index contributed by atoms with van der Waals surface area (Å²) in [5.41, 5.74) is -0.431. The Hall–Kier alpha value is -1.45. The number of carboxylic acid groups (broad SMARTS) is 1. The van der Waals surface area contributed by atoms with Gasteiger partial charge in [0.2, 0.25) is 0 Å². The normalized spacial score (nSPS) is 21.8. The number of hydrogen-bond donors (Lipinski definition) is 1. The number of hydrogen-bond acceptors (Lipinski definition) is 1. The minimum absolute atomic E-state index is 0.0278. The number of carboxylic acids is 1. The first-order chi connectivity index (χ1) is 8.97. The molecule has 1 N–H and O–H groups in total. The number of alkyl halides is 2. The zero-order chi connectivity index (χ0) is 13.7.